The minimum Gasteiger partial charge on any atom is -0.507 e. The Labute approximate surface area is 221 Å². The maximum atomic E-state index is 13.9. The van der Waals surface area contributed by atoms with Crippen LogP contribution in [-0.2, 0) is 9.59 Å². The molecule has 38 heavy (non-hydrogen) atoms. The molecule has 1 amide bonds. The van der Waals surface area contributed by atoms with Crippen molar-refractivity contribution in [3.8, 4) is 17.2 Å². The van der Waals surface area contributed by atoms with Crippen LogP contribution in [0.5, 0.6) is 17.2 Å². The first-order valence-corrected chi connectivity index (χ1v) is 12.5. The van der Waals surface area contributed by atoms with Crippen LogP contribution < -0.4 is 19.1 Å². The molecule has 1 aromatic heterocycles. The van der Waals surface area contributed by atoms with Gasteiger partial charge in [0.05, 0.1) is 42.7 Å². The third-order valence-electron chi connectivity index (χ3n) is 6.16. The van der Waals surface area contributed by atoms with Gasteiger partial charge >= 0.3 is 5.91 Å². The number of anilines is 1. The van der Waals surface area contributed by atoms with E-state index in [9.17, 15) is 19.1 Å². The summed E-state index contributed by atoms with van der Waals surface area (Å²) in [4.78, 5) is 32.6. The molecule has 8 nitrogen and oxygen atoms in total. The zero-order chi connectivity index (χ0) is 27.0. The molecule has 1 atom stereocenters. The lowest BCUT2D eigenvalue weighted by atomic mass is 9.95. The first-order chi connectivity index (χ1) is 18.4. The van der Waals surface area contributed by atoms with E-state index in [4.69, 9.17) is 14.2 Å². The van der Waals surface area contributed by atoms with Gasteiger partial charge in [0, 0.05) is 5.56 Å². The molecule has 1 aliphatic rings. The molecular formula is C28H23FN2O6S. The molecule has 1 N–H and O–H groups in total. The molecule has 10 heteroatoms. The summed E-state index contributed by atoms with van der Waals surface area (Å²) in [5.74, 6) is -1.08. The Morgan fingerprint density at radius 3 is 2.47 bits per heavy atom. The number of hydrogen-bond donors (Lipinski definition) is 1. The van der Waals surface area contributed by atoms with Crippen LogP contribution in [0.4, 0.5) is 9.52 Å². The fourth-order valence-electron chi connectivity index (χ4n) is 4.37. The van der Waals surface area contributed by atoms with E-state index in [0.717, 1.165) is 11.3 Å². The molecule has 1 aliphatic heterocycles. The molecule has 0 saturated carbocycles. The van der Waals surface area contributed by atoms with E-state index in [0.29, 0.717) is 45.2 Å². The predicted molar refractivity (Wildman–Crippen MR) is 142 cm³/mol. The summed E-state index contributed by atoms with van der Waals surface area (Å²) in [5, 5.41) is 11.5. The number of carbonyl (C=O) groups is 2. The van der Waals surface area contributed by atoms with Crippen LogP contribution in [0, 0.1) is 5.82 Å². The number of ether oxygens (including phenoxy) is 3. The van der Waals surface area contributed by atoms with Crippen LogP contribution in [0.1, 0.15) is 24.1 Å². The van der Waals surface area contributed by atoms with Crippen molar-refractivity contribution in [3.63, 3.8) is 0 Å². The van der Waals surface area contributed by atoms with Crippen molar-refractivity contribution in [3.05, 3.63) is 83.2 Å². The number of rotatable bonds is 7. The van der Waals surface area contributed by atoms with Crippen LogP contribution in [0.2, 0.25) is 0 Å². The number of Topliss-reactive ketones (excluding diaryl/α,β-unsaturated/α-hetero) is 1. The molecule has 1 fully saturated rings. The van der Waals surface area contributed by atoms with E-state index >= 15 is 0 Å². The maximum absolute atomic E-state index is 13.9. The predicted octanol–water partition coefficient (Wildman–Crippen LogP) is 5.48. The molecule has 0 bridgehead atoms. The quantitative estimate of drug-likeness (QED) is 0.191. The number of aromatic nitrogens is 1. The van der Waals surface area contributed by atoms with Crippen molar-refractivity contribution in [2.24, 2.45) is 0 Å². The number of aliphatic hydroxyl groups excluding tert-OH is 1. The van der Waals surface area contributed by atoms with Crippen LogP contribution in [0.3, 0.4) is 0 Å². The van der Waals surface area contributed by atoms with E-state index in [1.807, 2.05) is 6.92 Å². The fourth-order valence-corrected chi connectivity index (χ4v) is 5.39. The molecule has 5 rings (SSSR count). The number of hydrogen-bond acceptors (Lipinski definition) is 8. The molecule has 1 saturated heterocycles. The Bertz CT molecular complexity index is 1580. The summed E-state index contributed by atoms with van der Waals surface area (Å²) in [7, 11) is 3.00. The number of halogens is 1. The number of benzene rings is 3. The summed E-state index contributed by atoms with van der Waals surface area (Å²) in [5.41, 5.74) is 1.19. The topological polar surface area (TPSA) is 98.2 Å². The zero-order valence-corrected chi connectivity index (χ0v) is 21.5. The molecule has 0 spiro atoms. The monoisotopic (exact) mass is 534 g/mol. The second kappa shape index (κ2) is 10.1. The van der Waals surface area contributed by atoms with Gasteiger partial charge in [-0.05, 0) is 67.1 Å². The lowest BCUT2D eigenvalue weighted by Crippen LogP contribution is -2.29. The van der Waals surface area contributed by atoms with Crippen LogP contribution in [-0.4, -0.2) is 42.6 Å². The number of ketones is 1. The normalized spacial score (nSPS) is 16.7. The van der Waals surface area contributed by atoms with Gasteiger partial charge in [-0.1, -0.05) is 17.4 Å². The molecule has 0 radical (unpaired) electrons. The number of thiazole rings is 1. The van der Waals surface area contributed by atoms with Gasteiger partial charge in [-0.3, -0.25) is 14.5 Å². The number of nitrogens with zero attached hydrogens (tertiary/aromatic N) is 2. The van der Waals surface area contributed by atoms with Crippen molar-refractivity contribution < 1.29 is 33.3 Å². The summed E-state index contributed by atoms with van der Waals surface area (Å²) in [6.45, 7) is 2.25. The summed E-state index contributed by atoms with van der Waals surface area (Å²) in [6, 6.07) is 14.6. The van der Waals surface area contributed by atoms with Crippen molar-refractivity contribution in [2.45, 2.75) is 13.0 Å². The molecule has 2 heterocycles. The number of carbonyl (C=O) groups excluding carboxylic acids is 2. The molecule has 3 aromatic carbocycles. The fraction of sp³-hybridized carbons (Fsp3) is 0.179. The lowest BCUT2D eigenvalue weighted by molar-refractivity contribution is -0.132. The molecule has 0 aliphatic carbocycles. The van der Waals surface area contributed by atoms with Crippen LogP contribution in [0.25, 0.3) is 16.0 Å². The molecule has 1 unspecified atom stereocenters. The Balaban J connectivity index is 1.72. The summed E-state index contributed by atoms with van der Waals surface area (Å²) < 4.78 is 30.7. The minimum absolute atomic E-state index is 0.114. The second-order valence-electron chi connectivity index (χ2n) is 8.35. The van der Waals surface area contributed by atoms with Gasteiger partial charge in [-0.15, -0.1) is 0 Å². The second-order valence-corrected chi connectivity index (χ2v) is 9.36. The van der Waals surface area contributed by atoms with Crippen LogP contribution >= 0.6 is 11.3 Å². The van der Waals surface area contributed by atoms with Gasteiger partial charge in [0.15, 0.2) is 16.6 Å². The third kappa shape index (κ3) is 4.32. The zero-order valence-electron chi connectivity index (χ0n) is 20.7. The molecular weight excluding hydrogens is 511 g/mol. The number of aliphatic hydroxyl groups is 1. The highest BCUT2D eigenvalue weighted by molar-refractivity contribution is 7.22. The Hall–Kier alpha value is -4.44. The van der Waals surface area contributed by atoms with Crippen molar-refractivity contribution in [1.82, 2.24) is 4.98 Å². The Morgan fingerprint density at radius 1 is 1.03 bits per heavy atom. The SMILES string of the molecule is CCOc1ccc(C2/C(=C(\O)c3ccc(OC)cc3)C(=O)C(=O)N2c2nc3ccc(F)cc3s2)cc1OC. The van der Waals surface area contributed by atoms with E-state index in [1.54, 1.807) is 42.5 Å². The Kier molecular flexibility index (Phi) is 6.73. The first kappa shape index (κ1) is 25.2. The van der Waals surface area contributed by atoms with E-state index < -0.39 is 23.5 Å². The van der Waals surface area contributed by atoms with Crippen LogP contribution in [0.15, 0.2) is 66.2 Å². The summed E-state index contributed by atoms with van der Waals surface area (Å²) >= 11 is 1.07. The standard InChI is InChI=1S/C28H23FN2O6S/c1-4-37-20-12-7-16(13-21(20)36-3)24-23(25(32)15-5-9-18(35-2)10-6-15)26(33)27(34)31(24)28-30-19-11-8-17(29)14-22(19)38-28/h5-14,24,32H,4H2,1-3H3/b25-23+. The van der Waals surface area contributed by atoms with Gasteiger partial charge < -0.3 is 19.3 Å². The molecule has 4 aromatic rings. The van der Waals surface area contributed by atoms with Crippen molar-refractivity contribution in [1.29, 1.82) is 0 Å². The van der Waals surface area contributed by atoms with E-state index in [-0.39, 0.29) is 16.5 Å². The first-order valence-electron chi connectivity index (χ1n) is 11.7. The van der Waals surface area contributed by atoms with E-state index in [1.165, 1.54) is 37.3 Å². The van der Waals surface area contributed by atoms with Gasteiger partial charge in [0.1, 0.15) is 17.3 Å². The van der Waals surface area contributed by atoms with Gasteiger partial charge in [0.25, 0.3) is 5.78 Å². The highest BCUT2D eigenvalue weighted by atomic mass is 32.1. The third-order valence-corrected chi connectivity index (χ3v) is 7.17. The highest BCUT2D eigenvalue weighted by Gasteiger charge is 2.48. The molecule has 194 valence electrons. The number of amides is 1. The number of fused-ring (bicyclic) bond motifs is 1. The average Bonchev–Trinajstić information content (AvgIpc) is 3.46. The highest BCUT2D eigenvalue weighted by Crippen LogP contribution is 2.46. The van der Waals surface area contributed by atoms with Gasteiger partial charge in [0.2, 0.25) is 0 Å². The average molecular weight is 535 g/mol. The smallest absolute Gasteiger partial charge is 0.301 e. The minimum atomic E-state index is -1.04. The van der Waals surface area contributed by atoms with Crippen molar-refractivity contribution in [2.75, 3.05) is 25.7 Å². The van der Waals surface area contributed by atoms with Crippen molar-refractivity contribution >= 4 is 44.1 Å². The lowest BCUT2D eigenvalue weighted by Gasteiger charge is -2.24. The largest absolute Gasteiger partial charge is 0.507 e. The van der Waals surface area contributed by atoms with Gasteiger partial charge in [-0.25, -0.2) is 9.37 Å². The van der Waals surface area contributed by atoms with Gasteiger partial charge in [-0.2, -0.15) is 0 Å². The van der Waals surface area contributed by atoms with E-state index in [2.05, 4.69) is 4.98 Å². The Morgan fingerprint density at radius 2 is 1.79 bits per heavy atom. The number of methoxy groups -OCH3 is 2. The maximum Gasteiger partial charge on any atom is 0.301 e. The summed E-state index contributed by atoms with van der Waals surface area (Å²) in [6.07, 6.45) is 0.